The topological polar surface area (TPSA) is 45.7 Å². The Morgan fingerprint density at radius 3 is 2.50 bits per heavy atom. The number of aryl methyl sites for hydroxylation is 1. The first-order chi connectivity index (χ1) is 11.6. The number of hydrogen-bond donors (Lipinski definition) is 0. The normalized spacial score (nSPS) is 15.5. The minimum absolute atomic E-state index is 0.0550. The van der Waals surface area contributed by atoms with Crippen LogP contribution < -0.4 is 4.74 Å². The molecule has 1 aromatic heterocycles. The first kappa shape index (κ1) is 17.2. The Morgan fingerprint density at radius 2 is 1.92 bits per heavy atom. The van der Waals surface area contributed by atoms with Gasteiger partial charge in [-0.05, 0) is 24.6 Å². The highest BCUT2D eigenvalue weighted by Gasteiger charge is 2.25. The number of carbonyl (C=O) groups excluding carboxylic acids is 1. The summed E-state index contributed by atoms with van der Waals surface area (Å²) in [4.78, 5) is 21.8. The molecule has 1 aromatic carbocycles. The molecule has 24 heavy (non-hydrogen) atoms. The quantitative estimate of drug-likeness (QED) is 0.835. The first-order valence-corrected chi connectivity index (χ1v) is 9.04. The lowest BCUT2D eigenvalue weighted by atomic mass is 10.2. The van der Waals surface area contributed by atoms with E-state index in [4.69, 9.17) is 16.3 Å². The smallest absolute Gasteiger partial charge is 0.273 e. The molecule has 1 aliphatic rings. The Kier molecular flexibility index (Phi) is 5.38. The number of piperazine rings is 1. The van der Waals surface area contributed by atoms with E-state index in [0.717, 1.165) is 43.4 Å². The van der Waals surface area contributed by atoms with Crippen molar-refractivity contribution >= 4 is 28.8 Å². The molecule has 0 N–H and O–H groups in total. The van der Waals surface area contributed by atoms with E-state index in [1.54, 1.807) is 7.11 Å². The second-order valence-electron chi connectivity index (χ2n) is 5.79. The Labute approximate surface area is 150 Å². The maximum absolute atomic E-state index is 12.7. The van der Waals surface area contributed by atoms with Gasteiger partial charge in [-0.3, -0.25) is 9.69 Å². The maximum Gasteiger partial charge on any atom is 0.273 e. The molecular weight excluding hydrogens is 346 g/mol. The second kappa shape index (κ2) is 7.51. The summed E-state index contributed by atoms with van der Waals surface area (Å²) in [5, 5.41) is 1.29. The van der Waals surface area contributed by atoms with Gasteiger partial charge in [0, 0.05) is 37.7 Å². The van der Waals surface area contributed by atoms with Crippen LogP contribution in [-0.4, -0.2) is 54.0 Å². The van der Waals surface area contributed by atoms with Crippen LogP contribution in [0.5, 0.6) is 5.19 Å². The second-order valence-corrected chi connectivity index (χ2v) is 7.19. The van der Waals surface area contributed by atoms with Gasteiger partial charge in [0.15, 0.2) is 0 Å². The summed E-state index contributed by atoms with van der Waals surface area (Å²) in [6, 6.07) is 7.92. The van der Waals surface area contributed by atoms with Crippen LogP contribution in [0.3, 0.4) is 0 Å². The first-order valence-electron chi connectivity index (χ1n) is 7.84. The zero-order chi connectivity index (χ0) is 17.1. The third-order valence-electron chi connectivity index (χ3n) is 4.12. The molecule has 0 saturated carbocycles. The Bertz CT molecular complexity index is 709. The predicted octanol–water partition coefficient (Wildman–Crippen LogP) is 3.07. The van der Waals surface area contributed by atoms with Crippen LogP contribution in [-0.2, 0) is 6.54 Å². The molecule has 7 heteroatoms. The highest BCUT2D eigenvalue weighted by Crippen LogP contribution is 2.26. The number of aromatic nitrogens is 1. The number of benzene rings is 1. The number of amides is 1. The fourth-order valence-electron chi connectivity index (χ4n) is 2.76. The molecule has 2 heterocycles. The van der Waals surface area contributed by atoms with Crippen molar-refractivity contribution in [3.8, 4) is 5.19 Å². The zero-order valence-electron chi connectivity index (χ0n) is 13.8. The Morgan fingerprint density at radius 1 is 1.25 bits per heavy atom. The number of rotatable bonds is 4. The number of halogens is 1. The number of hydrogen-bond acceptors (Lipinski definition) is 5. The van der Waals surface area contributed by atoms with Crippen molar-refractivity contribution < 1.29 is 9.53 Å². The van der Waals surface area contributed by atoms with Gasteiger partial charge in [-0.25, -0.2) is 4.98 Å². The van der Waals surface area contributed by atoms with E-state index in [0.29, 0.717) is 10.1 Å². The SMILES string of the molecule is COc1nc(C)c(C(=O)N2CCN(Cc3ccc(Cl)cc3)CC2)s1. The van der Waals surface area contributed by atoms with Crippen LogP contribution in [0.25, 0.3) is 0 Å². The number of methoxy groups -OCH3 is 1. The monoisotopic (exact) mass is 365 g/mol. The Balaban J connectivity index is 1.57. The lowest BCUT2D eigenvalue weighted by Crippen LogP contribution is -2.48. The minimum atomic E-state index is 0.0550. The van der Waals surface area contributed by atoms with Crippen LogP contribution >= 0.6 is 22.9 Å². The van der Waals surface area contributed by atoms with Crippen molar-refractivity contribution in [2.24, 2.45) is 0 Å². The van der Waals surface area contributed by atoms with Gasteiger partial charge in [-0.15, -0.1) is 0 Å². The van der Waals surface area contributed by atoms with Crippen molar-refractivity contribution in [1.82, 2.24) is 14.8 Å². The van der Waals surface area contributed by atoms with E-state index in [-0.39, 0.29) is 5.91 Å². The summed E-state index contributed by atoms with van der Waals surface area (Å²) in [5.74, 6) is 0.0550. The molecule has 128 valence electrons. The molecule has 2 aromatic rings. The van der Waals surface area contributed by atoms with E-state index < -0.39 is 0 Å². The molecule has 0 radical (unpaired) electrons. The van der Waals surface area contributed by atoms with Crippen LogP contribution in [0.15, 0.2) is 24.3 Å². The molecule has 0 aliphatic carbocycles. The summed E-state index contributed by atoms with van der Waals surface area (Å²) in [7, 11) is 1.57. The van der Waals surface area contributed by atoms with Gasteiger partial charge in [-0.1, -0.05) is 35.1 Å². The zero-order valence-corrected chi connectivity index (χ0v) is 15.4. The number of thiazole rings is 1. The fourth-order valence-corrected chi connectivity index (χ4v) is 3.73. The van der Waals surface area contributed by atoms with Crippen molar-refractivity contribution in [2.45, 2.75) is 13.5 Å². The van der Waals surface area contributed by atoms with E-state index in [9.17, 15) is 4.79 Å². The molecule has 5 nitrogen and oxygen atoms in total. The van der Waals surface area contributed by atoms with Crippen LogP contribution in [0.1, 0.15) is 20.9 Å². The summed E-state index contributed by atoms with van der Waals surface area (Å²) in [5.41, 5.74) is 1.98. The molecule has 1 saturated heterocycles. The van der Waals surface area contributed by atoms with Gasteiger partial charge >= 0.3 is 0 Å². The van der Waals surface area contributed by atoms with Crippen molar-refractivity contribution in [3.63, 3.8) is 0 Å². The fraction of sp³-hybridized carbons (Fsp3) is 0.412. The predicted molar refractivity (Wildman–Crippen MR) is 96.0 cm³/mol. The van der Waals surface area contributed by atoms with Crippen LogP contribution in [0, 0.1) is 6.92 Å². The summed E-state index contributed by atoms with van der Waals surface area (Å²) >= 11 is 7.24. The minimum Gasteiger partial charge on any atom is -0.473 e. The van der Waals surface area contributed by atoms with E-state index in [1.807, 2.05) is 36.1 Å². The molecular formula is C17H20ClN3O2S. The highest BCUT2D eigenvalue weighted by molar-refractivity contribution is 7.15. The average molecular weight is 366 g/mol. The average Bonchev–Trinajstić information content (AvgIpc) is 2.98. The number of carbonyl (C=O) groups is 1. The maximum atomic E-state index is 12.7. The van der Waals surface area contributed by atoms with E-state index in [2.05, 4.69) is 9.88 Å². The largest absolute Gasteiger partial charge is 0.473 e. The molecule has 3 rings (SSSR count). The van der Waals surface area contributed by atoms with Crippen molar-refractivity contribution in [1.29, 1.82) is 0 Å². The standard InChI is InChI=1S/C17H20ClN3O2S/c1-12-15(24-17(19-12)23-2)16(22)21-9-7-20(8-10-21)11-13-3-5-14(18)6-4-13/h3-6H,7-11H2,1-2H3. The molecule has 1 fully saturated rings. The van der Waals surface area contributed by atoms with Crippen LogP contribution in [0.4, 0.5) is 0 Å². The van der Waals surface area contributed by atoms with Gasteiger partial charge in [0.25, 0.3) is 11.1 Å². The summed E-state index contributed by atoms with van der Waals surface area (Å²) in [6.45, 7) is 5.92. The highest BCUT2D eigenvalue weighted by atomic mass is 35.5. The van der Waals surface area contributed by atoms with Gasteiger partial charge in [0.1, 0.15) is 4.88 Å². The lowest BCUT2D eigenvalue weighted by Gasteiger charge is -2.34. The molecule has 0 spiro atoms. The van der Waals surface area contributed by atoms with E-state index >= 15 is 0 Å². The van der Waals surface area contributed by atoms with Gasteiger partial charge < -0.3 is 9.64 Å². The molecule has 0 atom stereocenters. The Hall–Kier alpha value is -1.63. The third-order valence-corrected chi connectivity index (χ3v) is 5.48. The summed E-state index contributed by atoms with van der Waals surface area (Å²) in [6.07, 6.45) is 0. The van der Waals surface area contributed by atoms with E-state index in [1.165, 1.54) is 16.9 Å². The molecule has 0 bridgehead atoms. The number of nitrogens with zero attached hydrogens (tertiary/aromatic N) is 3. The van der Waals surface area contributed by atoms with Gasteiger partial charge in [0.2, 0.25) is 0 Å². The van der Waals surface area contributed by atoms with Crippen molar-refractivity contribution in [2.75, 3.05) is 33.3 Å². The molecule has 1 amide bonds. The molecule has 1 aliphatic heterocycles. The molecule has 0 unspecified atom stereocenters. The van der Waals surface area contributed by atoms with Gasteiger partial charge in [0.05, 0.1) is 12.8 Å². The number of ether oxygens (including phenoxy) is 1. The lowest BCUT2D eigenvalue weighted by molar-refractivity contribution is 0.0632. The van der Waals surface area contributed by atoms with Crippen molar-refractivity contribution in [3.05, 3.63) is 45.4 Å². The summed E-state index contributed by atoms with van der Waals surface area (Å²) < 4.78 is 5.12. The third kappa shape index (κ3) is 3.88. The van der Waals surface area contributed by atoms with Gasteiger partial charge in [-0.2, -0.15) is 0 Å². The van der Waals surface area contributed by atoms with Crippen LogP contribution in [0.2, 0.25) is 5.02 Å².